The smallest absolute Gasteiger partial charge is 0.177 e. The first kappa shape index (κ1) is 24.7. The number of Topliss-reactive ketones (excluding diaryl/α,β-unsaturated/α-hetero) is 2. The number of hydrogen-bond donors (Lipinski definition) is 1. The number of hydrogen-bond acceptors (Lipinski definition) is 5. The number of ether oxygens (including phenoxy) is 2. The molecule has 0 fully saturated rings. The van der Waals surface area contributed by atoms with E-state index < -0.39 is 11.7 Å². The third-order valence-electron chi connectivity index (χ3n) is 6.21. The highest BCUT2D eigenvalue weighted by atomic mass is 16.5. The molecule has 0 aliphatic carbocycles. The summed E-state index contributed by atoms with van der Waals surface area (Å²) in [7, 11) is 3.07. The summed E-state index contributed by atoms with van der Waals surface area (Å²) in [4.78, 5) is 27.0. The molecular weight excluding hydrogens is 452 g/mol. The molecule has 1 N–H and O–H groups in total. The van der Waals surface area contributed by atoms with Crippen molar-refractivity contribution in [2.75, 3.05) is 14.2 Å². The van der Waals surface area contributed by atoms with Gasteiger partial charge in [0, 0.05) is 12.5 Å². The number of carbonyl (C=O) groups is 2. The Morgan fingerprint density at radius 2 is 1.31 bits per heavy atom. The summed E-state index contributed by atoms with van der Waals surface area (Å²) < 4.78 is 10.3. The van der Waals surface area contributed by atoms with Crippen molar-refractivity contribution < 1.29 is 24.2 Å². The Hall–Kier alpha value is -4.38. The van der Waals surface area contributed by atoms with Crippen LogP contribution >= 0.6 is 0 Å². The second-order valence-electron chi connectivity index (χ2n) is 8.56. The molecule has 0 saturated carbocycles. The van der Waals surface area contributed by atoms with E-state index in [1.807, 2.05) is 66.7 Å². The van der Waals surface area contributed by atoms with Crippen molar-refractivity contribution >= 4 is 11.6 Å². The van der Waals surface area contributed by atoms with Gasteiger partial charge in [-0.25, -0.2) is 0 Å². The molecule has 1 unspecified atom stereocenters. The summed E-state index contributed by atoms with van der Waals surface area (Å²) in [6.45, 7) is 0. The van der Waals surface area contributed by atoms with E-state index in [4.69, 9.17) is 9.47 Å². The fourth-order valence-corrected chi connectivity index (χ4v) is 4.15. The zero-order valence-corrected chi connectivity index (χ0v) is 20.3. The lowest BCUT2D eigenvalue weighted by Crippen LogP contribution is -2.28. The molecule has 36 heavy (non-hydrogen) atoms. The van der Waals surface area contributed by atoms with Crippen LogP contribution in [-0.2, 0) is 17.6 Å². The largest absolute Gasteiger partial charge is 0.507 e. The Kier molecular flexibility index (Phi) is 7.81. The maximum atomic E-state index is 13.5. The van der Waals surface area contributed by atoms with Gasteiger partial charge >= 0.3 is 0 Å². The predicted octanol–water partition coefficient (Wildman–Crippen LogP) is 5.93. The van der Waals surface area contributed by atoms with Crippen molar-refractivity contribution in [3.8, 4) is 28.4 Å². The minimum atomic E-state index is -0.950. The Morgan fingerprint density at radius 3 is 1.92 bits per heavy atom. The molecule has 0 aliphatic rings. The molecule has 182 valence electrons. The average molecular weight is 481 g/mol. The van der Waals surface area contributed by atoms with E-state index in [0.29, 0.717) is 11.5 Å². The highest BCUT2D eigenvalue weighted by molar-refractivity contribution is 6.12. The monoisotopic (exact) mass is 480 g/mol. The van der Waals surface area contributed by atoms with E-state index in [-0.39, 0.29) is 29.9 Å². The first-order chi connectivity index (χ1) is 17.5. The number of rotatable bonds is 10. The fraction of sp³-hybridized carbons (Fsp3) is 0.161. The van der Waals surface area contributed by atoms with Gasteiger partial charge in [-0.1, -0.05) is 66.7 Å². The lowest BCUT2D eigenvalue weighted by atomic mass is 9.85. The number of benzene rings is 4. The van der Waals surface area contributed by atoms with Crippen LogP contribution in [0.5, 0.6) is 17.2 Å². The Labute approximate surface area is 211 Å². The van der Waals surface area contributed by atoms with Crippen LogP contribution < -0.4 is 9.47 Å². The molecule has 5 heteroatoms. The van der Waals surface area contributed by atoms with E-state index in [1.165, 1.54) is 19.2 Å². The molecule has 0 aliphatic heterocycles. The molecule has 4 aromatic rings. The highest BCUT2D eigenvalue weighted by Crippen LogP contribution is 2.28. The minimum absolute atomic E-state index is 0.0966. The van der Waals surface area contributed by atoms with Crippen LogP contribution in [0.15, 0.2) is 97.1 Å². The summed E-state index contributed by atoms with van der Waals surface area (Å²) >= 11 is 0. The van der Waals surface area contributed by atoms with Crippen LogP contribution in [0.3, 0.4) is 0 Å². The van der Waals surface area contributed by atoms with Crippen LogP contribution in [-0.4, -0.2) is 30.9 Å². The summed E-state index contributed by atoms with van der Waals surface area (Å²) in [5, 5.41) is 10.5. The third kappa shape index (κ3) is 5.81. The molecule has 5 nitrogen and oxygen atoms in total. The van der Waals surface area contributed by atoms with Gasteiger partial charge in [0.05, 0.1) is 25.7 Å². The molecule has 0 heterocycles. The maximum Gasteiger partial charge on any atom is 0.177 e. The van der Waals surface area contributed by atoms with Gasteiger partial charge in [-0.3, -0.25) is 9.59 Å². The summed E-state index contributed by atoms with van der Waals surface area (Å²) in [6, 6.07) is 29.6. The van der Waals surface area contributed by atoms with Gasteiger partial charge in [0.25, 0.3) is 0 Å². The van der Waals surface area contributed by atoms with Gasteiger partial charge < -0.3 is 14.6 Å². The van der Waals surface area contributed by atoms with Crippen molar-refractivity contribution in [3.63, 3.8) is 0 Å². The average Bonchev–Trinajstić information content (AvgIpc) is 2.92. The quantitative estimate of drug-likeness (QED) is 0.225. The van der Waals surface area contributed by atoms with Gasteiger partial charge in [0.15, 0.2) is 5.78 Å². The summed E-state index contributed by atoms with van der Waals surface area (Å²) in [5.41, 5.74) is 3.90. The molecule has 4 rings (SSSR count). The molecular formula is C31H28O5. The zero-order chi connectivity index (χ0) is 25.5. The number of carbonyl (C=O) groups excluding carboxylic acids is 2. The van der Waals surface area contributed by atoms with Gasteiger partial charge in [-0.2, -0.15) is 0 Å². The number of phenols is 1. The molecule has 1 atom stereocenters. The lowest BCUT2D eigenvalue weighted by molar-refractivity contribution is -0.120. The molecule has 4 aromatic carbocycles. The fourth-order valence-electron chi connectivity index (χ4n) is 4.15. The lowest BCUT2D eigenvalue weighted by Gasteiger charge is -2.17. The second kappa shape index (κ2) is 11.4. The van der Waals surface area contributed by atoms with E-state index >= 15 is 0 Å². The number of phenolic OH excluding ortho intramolecular Hbond substituents is 1. The van der Waals surface area contributed by atoms with E-state index in [1.54, 1.807) is 25.3 Å². The molecule has 0 radical (unpaired) electrons. The molecule has 0 aromatic heterocycles. The normalized spacial score (nSPS) is 11.5. The minimum Gasteiger partial charge on any atom is -0.507 e. The van der Waals surface area contributed by atoms with Crippen LogP contribution in [0.2, 0.25) is 0 Å². The van der Waals surface area contributed by atoms with Crippen molar-refractivity contribution in [1.29, 1.82) is 0 Å². The Bertz CT molecular complexity index is 1330. The standard InChI is InChI=1S/C31H28O5/c1-35-25-14-10-22(11-15-25)19-29(32)28(31(34)27-17-16-26(36-2)20-30(27)33)18-21-8-12-24(13-9-21)23-6-4-3-5-7-23/h3-17,20,28,33H,18-19H2,1-2H3. The third-order valence-corrected chi connectivity index (χ3v) is 6.21. The zero-order valence-electron chi connectivity index (χ0n) is 20.3. The first-order valence-electron chi connectivity index (χ1n) is 11.7. The van der Waals surface area contributed by atoms with E-state index in [9.17, 15) is 14.7 Å². The maximum absolute atomic E-state index is 13.5. The van der Waals surface area contributed by atoms with Crippen LogP contribution in [0.4, 0.5) is 0 Å². The Balaban J connectivity index is 1.61. The van der Waals surface area contributed by atoms with E-state index in [0.717, 1.165) is 22.3 Å². The SMILES string of the molecule is COc1ccc(CC(=O)C(Cc2ccc(-c3ccccc3)cc2)C(=O)c2ccc(OC)cc2O)cc1. The number of aromatic hydroxyl groups is 1. The van der Waals surface area contributed by atoms with Crippen molar-refractivity contribution in [2.24, 2.45) is 5.92 Å². The highest BCUT2D eigenvalue weighted by Gasteiger charge is 2.29. The van der Waals surface area contributed by atoms with Crippen molar-refractivity contribution in [1.82, 2.24) is 0 Å². The van der Waals surface area contributed by atoms with Crippen LogP contribution in [0.25, 0.3) is 11.1 Å². The predicted molar refractivity (Wildman–Crippen MR) is 140 cm³/mol. The topological polar surface area (TPSA) is 72.8 Å². The summed E-state index contributed by atoms with van der Waals surface area (Å²) in [5.74, 6) is -0.662. The van der Waals surface area contributed by atoms with Gasteiger partial charge in [0.1, 0.15) is 23.0 Å². The van der Waals surface area contributed by atoms with E-state index in [2.05, 4.69) is 0 Å². The summed E-state index contributed by atoms with van der Waals surface area (Å²) in [6.07, 6.45) is 0.327. The van der Waals surface area contributed by atoms with Crippen molar-refractivity contribution in [3.05, 3.63) is 114 Å². The van der Waals surface area contributed by atoms with Gasteiger partial charge in [-0.15, -0.1) is 0 Å². The van der Waals surface area contributed by atoms with Crippen LogP contribution in [0, 0.1) is 5.92 Å². The molecule has 0 bridgehead atoms. The molecule has 0 spiro atoms. The number of methoxy groups -OCH3 is 2. The number of ketones is 2. The van der Waals surface area contributed by atoms with Crippen molar-refractivity contribution in [2.45, 2.75) is 12.8 Å². The second-order valence-corrected chi connectivity index (χ2v) is 8.56. The van der Waals surface area contributed by atoms with Gasteiger partial charge in [0.2, 0.25) is 0 Å². The van der Waals surface area contributed by atoms with Crippen LogP contribution in [0.1, 0.15) is 21.5 Å². The molecule has 0 saturated heterocycles. The molecule has 0 amide bonds. The Morgan fingerprint density at radius 1 is 0.722 bits per heavy atom. The first-order valence-corrected chi connectivity index (χ1v) is 11.7. The van der Waals surface area contributed by atoms with Gasteiger partial charge in [-0.05, 0) is 52.9 Å².